The SMILES string of the molecule is O=C(Cn1cccc1)N1c2ccccc2CCc2ccc(NCn3cccc3)cc21. The molecule has 30 heavy (non-hydrogen) atoms. The van der Waals surface area contributed by atoms with Crippen LogP contribution in [0, 0.1) is 0 Å². The Morgan fingerprint density at radius 2 is 1.43 bits per heavy atom. The Morgan fingerprint density at radius 1 is 0.767 bits per heavy atom. The van der Waals surface area contributed by atoms with E-state index in [1.54, 1.807) is 0 Å². The number of aryl methyl sites for hydroxylation is 2. The quantitative estimate of drug-likeness (QED) is 0.525. The van der Waals surface area contributed by atoms with Crippen LogP contribution in [-0.2, 0) is 30.8 Å². The molecule has 0 saturated carbocycles. The summed E-state index contributed by atoms with van der Waals surface area (Å²) < 4.78 is 4.00. The maximum Gasteiger partial charge on any atom is 0.251 e. The summed E-state index contributed by atoms with van der Waals surface area (Å²) in [5.41, 5.74) is 5.35. The number of para-hydroxylation sites is 1. The van der Waals surface area contributed by atoms with Gasteiger partial charge in [-0.25, -0.2) is 0 Å². The van der Waals surface area contributed by atoms with Crippen LogP contribution in [0.1, 0.15) is 11.1 Å². The summed E-state index contributed by atoms with van der Waals surface area (Å²) in [4.78, 5) is 15.4. The molecule has 0 bridgehead atoms. The van der Waals surface area contributed by atoms with Gasteiger partial charge in [0.1, 0.15) is 6.54 Å². The normalized spacial score (nSPS) is 12.7. The molecule has 1 aliphatic rings. The summed E-state index contributed by atoms with van der Waals surface area (Å²) in [5, 5.41) is 3.47. The lowest BCUT2D eigenvalue weighted by atomic mass is 10.0. The first-order chi connectivity index (χ1) is 14.8. The summed E-state index contributed by atoms with van der Waals surface area (Å²) in [6, 6.07) is 22.5. The van der Waals surface area contributed by atoms with Crippen LogP contribution in [0.3, 0.4) is 0 Å². The second-order valence-electron chi connectivity index (χ2n) is 7.59. The van der Waals surface area contributed by atoms with E-state index in [2.05, 4.69) is 40.2 Å². The fourth-order valence-corrected chi connectivity index (χ4v) is 4.06. The zero-order chi connectivity index (χ0) is 20.3. The molecule has 1 aliphatic heterocycles. The van der Waals surface area contributed by atoms with Crippen molar-refractivity contribution < 1.29 is 4.79 Å². The summed E-state index contributed by atoms with van der Waals surface area (Å²) in [6.07, 6.45) is 9.75. The Bertz CT molecular complexity index is 1150. The van der Waals surface area contributed by atoms with Crippen molar-refractivity contribution in [2.45, 2.75) is 26.1 Å². The Labute approximate surface area is 176 Å². The van der Waals surface area contributed by atoms with Crippen LogP contribution in [0.15, 0.2) is 91.5 Å². The van der Waals surface area contributed by atoms with Crippen molar-refractivity contribution in [2.75, 3.05) is 10.2 Å². The Balaban J connectivity index is 1.52. The van der Waals surface area contributed by atoms with Gasteiger partial charge in [0.2, 0.25) is 0 Å². The number of hydrogen-bond donors (Lipinski definition) is 1. The molecule has 0 saturated heterocycles. The molecular formula is C25H24N4O. The molecule has 5 heteroatoms. The third-order valence-corrected chi connectivity index (χ3v) is 5.59. The van der Waals surface area contributed by atoms with Gasteiger partial charge in [-0.1, -0.05) is 24.3 Å². The summed E-state index contributed by atoms with van der Waals surface area (Å²) in [7, 11) is 0. The maximum atomic E-state index is 13.5. The summed E-state index contributed by atoms with van der Waals surface area (Å²) in [5.74, 6) is 0.0596. The molecule has 1 amide bonds. The Hall–Kier alpha value is -3.73. The van der Waals surface area contributed by atoms with Crippen LogP contribution in [0.25, 0.3) is 0 Å². The van der Waals surface area contributed by atoms with Crippen LogP contribution < -0.4 is 10.2 Å². The van der Waals surface area contributed by atoms with Crippen molar-refractivity contribution in [3.05, 3.63) is 103 Å². The van der Waals surface area contributed by atoms with E-state index in [-0.39, 0.29) is 5.91 Å². The minimum absolute atomic E-state index is 0.0596. The maximum absolute atomic E-state index is 13.5. The molecule has 0 unspecified atom stereocenters. The molecule has 2 aromatic heterocycles. The zero-order valence-electron chi connectivity index (χ0n) is 16.7. The molecule has 0 fully saturated rings. The second-order valence-corrected chi connectivity index (χ2v) is 7.59. The number of carbonyl (C=O) groups is 1. The van der Waals surface area contributed by atoms with Crippen LogP contribution >= 0.6 is 0 Å². The van der Waals surface area contributed by atoms with Gasteiger partial charge in [-0.05, 0) is 66.4 Å². The smallest absolute Gasteiger partial charge is 0.251 e. The number of fused-ring (bicyclic) bond motifs is 2. The minimum atomic E-state index is 0.0596. The first kappa shape index (κ1) is 18.3. The number of hydrogen-bond acceptors (Lipinski definition) is 2. The summed E-state index contributed by atoms with van der Waals surface area (Å²) >= 11 is 0. The molecule has 4 aromatic rings. The van der Waals surface area contributed by atoms with Gasteiger partial charge in [0, 0.05) is 30.5 Å². The van der Waals surface area contributed by atoms with Crippen molar-refractivity contribution >= 4 is 23.0 Å². The van der Waals surface area contributed by atoms with Gasteiger partial charge in [-0.15, -0.1) is 0 Å². The number of rotatable bonds is 5. The molecule has 150 valence electrons. The molecule has 5 nitrogen and oxygen atoms in total. The Kier molecular flexibility index (Phi) is 4.85. The standard InChI is InChI=1S/C25H24N4O/c30-25(18-27-13-3-4-14-27)29-23-8-2-1-7-20(23)9-10-21-11-12-22(17-24(21)29)26-19-28-15-5-6-16-28/h1-8,11-17,26H,9-10,18-19H2. The number of nitrogens with one attached hydrogen (secondary N) is 1. The molecule has 0 atom stereocenters. The monoisotopic (exact) mass is 396 g/mol. The molecular weight excluding hydrogens is 372 g/mol. The van der Waals surface area contributed by atoms with E-state index in [0.29, 0.717) is 13.2 Å². The first-order valence-corrected chi connectivity index (χ1v) is 10.3. The fraction of sp³-hybridized carbons (Fsp3) is 0.160. The molecule has 1 N–H and O–H groups in total. The predicted molar refractivity (Wildman–Crippen MR) is 120 cm³/mol. The lowest BCUT2D eigenvalue weighted by Gasteiger charge is -2.26. The number of carbonyl (C=O) groups excluding carboxylic acids is 1. The van der Waals surface area contributed by atoms with E-state index in [9.17, 15) is 4.79 Å². The highest BCUT2D eigenvalue weighted by Gasteiger charge is 2.26. The lowest BCUT2D eigenvalue weighted by molar-refractivity contribution is -0.118. The van der Waals surface area contributed by atoms with Crippen molar-refractivity contribution in [3.63, 3.8) is 0 Å². The van der Waals surface area contributed by atoms with Gasteiger partial charge in [0.05, 0.1) is 18.0 Å². The van der Waals surface area contributed by atoms with Gasteiger partial charge in [0.15, 0.2) is 0 Å². The van der Waals surface area contributed by atoms with Gasteiger partial charge < -0.3 is 14.5 Å². The third-order valence-electron chi connectivity index (χ3n) is 5.59. The molecule has 0 aliphatic carbocycles. The third kappa shape index (κ3) is 3.62. The van der Waals surface area contributed by atoms with Crippen LogP contribution in [-0.4, -0.2) is 15.0 Å². The van der Waals surface area contributed by atoms with E-state index >= 15 is 0 Å². The van der Waals surface area contributed by atoms with Crippen LogP contribution in [0.5, 0.6) is 0 Å². The highest BCUT2D eigenvalue weighted by atomic mass is 16.2. The van der Waals surface area contributed by atoms with Gasteiger partial charge in [-0.3, -0.25) is 9.69 Å². The highest BCUT2D eigenvalue weighted by Crippen LogP contribution is 2.37. The lowest BCUT2D eigenvalue weighted by Crippen LogP contribution is -2.30. The van der Waals surface area contributed by atoms with Crippen molar-refractivity contribution in [2.24, 2.45) is 0 Å². The van der Waals surface area contributed by atoms with Crippen molar-refractivity contribution in [3.8, 4) is 0 Å². The highest BCUT2D eigenvalue weighted by molar-refractivity contribution is 6.02. The fourth-order valence-electron chi connectivity index (χ4n) is 4.06. The number of aromatic nitrogens is 2. The number of nitrogens with zero attached hydrogens (tertiary/aromatic N) is 3. The molecule has 3 heterocycles. The van der Waals surface area contributed by atoms with Crippen molar-refractivity contribution in [1.29, 1.82) is 0 Å². The second kappa shape index (κ2) is 7.95. The van der Waals surface area contributed by atoms with E-state index in [4.69, 9.17) is 0 Å². The average molecular weight is 396 g/mol. The average Bonchev–Trinajstić information content (AvgIpc) is 3.44. The molecule has 5 rings (SSSR count). The predicted octanol–water partition coefficient (Wildman–Crippen LogP) is 4.82. The van der Waals surface area contributed by atoms with Gasteiger partial charge in [-0.2, -0.15) is 0 Å². The molecule has 0 spiro atoms. The topological polar surface area (TPSA) is 42.2 Å². The number of amides is 1. The number of benzene rings is 2. The van der Waals surface area contributed by atoms with Crippen LogP contribution in [0.2, 0.25) is 0 Å². The van der Waals surface area contributed by atoms with Gasteiger partial charge in [0.25, 0.3) is 5.91 Å². The van der Waals surface area contributed by atoms with Crippen molar-refractivity contribution in [1.82, 2.24) is 9.13 Å². The zero-order valence-corrected chi connectivity index (χ0v) is 16.7. The molecule has 2 aromatic carbocycles. The van der Waals surface area contributed by atoms with E-state index in [1.165, 1.54) is 11.1 Å². The van der Waals surface area contributed by atoms with E-state index in [1.807, 2.05) is 70.7 Å². The number of anilines is 3. The first-order valence-electron chi connectivity index (χ1n) is 10.3. The molecule has 0 radical (unpaired) electrons. The minimum Gasteiger partial charge on any atom is -0.367 e. The van der Waals surface area contributed by atoms with Crippen LogP contribution in [0.4, 0.5) is 17.1 Å². The summed E-state index contributed by atoms with van der Waals surface area (Å²) in [6.45, 7) is 0.988. The van der Waals surface area contributed by atoms with Gasteiger partial charge >= 0.3 is 0 Å². The largest absolute Gasteiger partial charge is 0.367 e. The van der Waals surface area contributed by atoms with E-state index < -0.39 is 0 Å². The van der Waals surface area contributed by atoms with E-state index in [0.717, 1.165) is 29.9 Å². The Morgan fingerprint density at radius 3 is 2.20 bits per heavy atom.